The lowest BCUT2D eigenvalue weighted by molar-refractivity contribution is -0.177. The zero-order valence-electron chi connectivity index (χ0n) is 25.2. The molecule has 2 bridgehead atoms. The van der Waals surface area contributed by atoms with Crippen molar-refractivity contribution >= 4 is 35.8 Å². The molecule has 248 valence electrons. The Morgan fingerprint density at radius 3 is 2.50 bits per heavy atom. The van der Waals surface area contributed by atoms with Gasteiger partial charge >= 0.3 is 29.8 Å². The Morgan fingerprint density at radius 1 is 1.13 bits per heavy atom. The molecule has 7 atom stereocenters. The molecule has 4 aliphatic rings. The number of rotatable bonds is 11. The first-order valence-electron chi connectivity index (χ1n) is 14.6. The third-order valence-electron chi connectivity index (χ3n) is 9.16. The highest BCUT2D eigenvalue weighted by Gasteiger charge is 2.72. The van der Waals surface area contributed by atoms with E-state index in [4.69, 9.17) is 29.2 Å². The molecular formula is C30H34N2O14. The number of carboxylic acids is 2. The number of benzene rings is 1. The third-order valence-corrected chi connectivity index (χ3v) is 9.16. The molecule has 0 unspecified atom stereocenters. The number of ether oxygens (including phenoxy) is 4. The highest BCUT2D eigenvalue weighted by atomic mass is 16.6. The number of hydrogen-bond donors (Lipinski definition) is 5. The van der Waals surface area contributed by atoms with Gasteiger partial charge in [0, 0.05) is 24.9 Å². The number of likely N-dealkylation sites (tertiary alicyclic amines) is 1. The Bertz CT molecular complexity index is 1540. The molecule has 0 aromatic heterocycles. The summed E-state index contributed by atoms with van der Waals surface area (Å²) < 4.78 is 21.9. The number of phenols is 1. The molecule has 5 N–H and O–H groups in total. The molecule has 46 heavy (non-hydrogen) atoms. The van der Waals surface area contributed by atoms with Crippen LogP contribution >= 0.6 is 0 Å². The standard InChI is InChI=1S/C30H34N2O14/c1-13(26(38)31-16(27(39)40)11-21(35)36)43-28(41)19(44-14(2)33)12-22(37)45-18-6-7-30(42)20-10-15-4-5-17(34)24-23(15)29(30,25(18)46-24)8-9-32(20)3/h4-6,13,16,19-20,25,34,42H,7-12H2,1-3H3,(H,31,38)(H,35,36)(H,39,40)/t13-,16-,19-,20+,25-,29-,30+/m0/s1. The molecule has 16 nitrogen and oxygen atoms in total. The minimum Gasteiger partial charge on any atom is -0.504 e. The maximum atomic E-state index is 13.2. The molecule has 2 aliphatic heterocycles. The van der Waals surface area contributed by atoms with E-state index in [1.165, 1.54) is 12.1 Å². The maximum absolute atomic E-state index is 13.2. The van der Waals surface area contributed by atoms with Gasteiger partial charge in [0.15, 0.2) is 23.7 Å². The third kappa shape index (κ3) is 5.40. The first-order valence-corrected chi connectivity index (χ1v) is 14.6. The number of likely N-dealkylation sites (N-methyl/N-ethyl adjacent to an activating group) is 1. The number of hydrogen-bond acceptors (Lipinski definition) is 13. The predicted octanol–water partition coefficient (Wildman–Crippen LogP) is -0.489. The number of phenolic OH excluding ortho intramolecular Hbond substituents is 1. The van der Waals surface area contributed by atoms with Crippen molar-refractivity contribution in [3.8, 4) is 11.5 Å². The van der Waals surface area contributed by atoms with E-state index in [0.717, 1.165) is 19.4 Å². The molecular weight excluding hydrogens is 612 g/mol. The molecule has 2 aliphatic carbocycles. The van der Waals surface area contributed by atoms with Crippen molar-refractivity contribution in [3.05, 3.63) is 35.1 Å². The van der Waals surface area contributed by atoms with Crippen molar-refractivity contribution in [2.45, 2.75) is 87.4 Å². The summed E-state index contributed by atoms with van der Waals surface area (Å²) >= 11 is 0. The van der Waals surface area contributed by atoms with Crippen molar-refractivity contribution < 1.29 is 68.1 Å². The van der Waals surface area contributed by atoms with Gasteiger partial charge in [-0.25, -0.2) is 9.59 Å². The number of carboxylic acid groups (broad SMARTS) is 2. The molecule has 1 amide bonds. The summed E-state index contributed by atoms with van der Waals surface area (Å²) in [5.74, 6) is -7.47. The normalized spacial score (nSPS) is 27.4. The number of esters is 3. The summed E-state index contributed by atoms with van der Waals surface area (Å²) in [4.78, 5) is 74.5. The van der Waals surface area contributed by atoms with Gasteiger partial charge in [-0.3, -0.25) is 19.2 Å². The van der Waals surface area contributed by atoms with E-state index in [0.29, 0.717) is 24.9 Å². The molecule has 1 fully saturated rings. The number of carbonyl (C=O) groups is 6. The zero-order chi connectivity index (χ0) is 33.7. The number of aliphatic hydroxyl groups is 1. The topological polar surface area (TPSA) is 236 Å². The zero-order valence-corrected chi connectivity index (χ0v) is 25.2. The van der Waals surface area contributed by atoms with E-state index in [9.17, 15) is 39.0 Å². The predicted molar refractivity (Wildman–Crippen MR) is 150 cm³/mol. The fourth-order valence-electron chi connectivity index (χ4n) is 7.10. The molecule has 1 spiro atoms. The van der Waals surface area contributed by atoms with Crippen LogP contribution in [0.15, 0.2) is 24.0 Å². The molecule has 0 saturated carbocycles. The second kappa shape index (κ2) is 11.9. The maximum Gasteiger partial charge on any atom is 0.348 e. The first kappa shape index (κ1) is 32.7. The van der Waals surface area contributed by atoms with E-state index < -0.39 is 84.0 Å². The number of nitrogens with zero attached hydrogens (tertiary/aromatic N) is 1. The van der Waals surface area contributed by atoms with E-state index in [1.807, 2.05) is 12.4 Å². The van der Waals surface area contributed by atoms with E-state index in [2.05, 4.69) is 4.90 Å². The van der Waals surface area contributed by atoms with Crippen LogP contribution in [-0.4, -0.2) is 111 Å². The molecule has 1 saturated heterocycles. The van der Waals surface area contributed by atoms with Gasteiger partial charge in [-0.15, -0.1) is 0 Å². The van der Waals surface area contributed by atoms with Gasteiger partial charge < -0.3 is 49.6 Å². The molecule has 5 rings (SSSR count). The highest BCUT2D eigenvalue weighted by molar-refractivity contribution is 5.91. The van der Waals surface area contributed by atoms with Crippen LogP contribution in [-0.2, 0) is 54.8 Å². The lowest BCUT2D eigenvalue weighted by Crippen LogP contribution is -2.74. The largest absolute Gasteiger partial charge is 0.504 e. The summed E-state index contributed by atoms with van der Waals surface area (Å²) in [7, 11) is 1.92. The molecule has 1 aromatic carbocycles. The lowest BCUT2D eigenvalue weighted by atomic mass is 9.50. The van der Waals surface area contributed by atoms with Gasteiger partial charge in [0.2, 0.25) is 6.10 Å². The Labute approximate surface area is 261 Å². The van der Waals surface area contributed by atoms with Crippen LogP contribution in [0.2, 0.25) is 0 Å². The van der Waals surface area contributed by atoms with Crippen molar-refractivity contribution in [1.82, 2.24) is 10.2 Å². The number of aliphatic carboxylic acids is 2. The smallest absolute Gasteiger partial charge is 0.348 e. The quantitative estimate of drug-likeness (QED) is 0.151. The van der Waals surface area contributed by atoms with Crippen molar-refractivity contribution in [3.63, 3.8) is 0 Å². The fourth-order valence-corrected chi connectivity index (χ4v) is 7.10. The van der Waals surface area contributed by atoms with Gasteiger partial charge in [-0.2, -0.15) is 0 Å². The first-order chi connectivity index (χ1) is 21.6. The van der Waals surface area contributed by atoms with Crippen molar-refractivity contribution in [1.29, 1.82) is 0 Å². The molecule has 0 radical (unpaired) electrons. The Kier molecular flexibility index (Phi) is 8.46. The average molecular weight is 647 g/mol. The summed E-state index contributed by atoms with van der Waals surface area (Å²) in [5.41, 5.74) is -0.773. The minimum absolute atomic E-state index is 0.0438. The van der Waals surface area contributed by atoms with Crippen molar-refractivity contribution in [2.75, 3.05) is 13.6 Å². The summed E-state index contributed by atoms with van der Waals surface area (Å²) in [6, 6.07) is 1.22. The van der Waals surface area contributed by atoms with Crippen molar-refractivity contribution in [2.24, 2.45) is 0 Å². The summed E-state index contributed by atoms with van der Waals surface area (Å²) in [6.07, 6.45) is -3.73. The van der Waals surface area contributed by atoms with Crippen LogP contribution in [0.4, 0.5) is 0 Å². The number of aromatic hydroxyl groups is 1. The van der Waals surface area contributed by atoms with Gasteiger partial charge in [-0.05, 0) is 51.1 Å². The Hall–Kier alpha value is -4.70. The number of carbonyl (C=O) groups excluding carboxylic acids is 4. The van der Waals surface area contributed by atoms with E-state index >= 15 is 0 Å². The van der Waals surface area contributed by atoms with Gasteiger partial charge in [0.05, 0.1) is 23.9 Å². The van der Waals surface area contributed by atoms with Gasteiger partial charge in [0.1, 0.15) is 11.8 Å². The molecule has 1 aromatic rings. The van der Waals surface area contributed by atoms with Crippen LogP contribution in [0.25, 0.3) is 0 Å². The number of nitrogens with one attached hydrogen (secondary N) is 1. The Morgan fingerprint density at radius 2 is 1.85 bits per heavy atom. The monoisotopic (exact) mass is 646 g/mol. The fraction of sp³-hybridized carbons (Fsp3) is 0.533. The van der Waals surface area contributed by atoms with Crippen LogP contribution in [0, 0.1) is 0 Å². The SMILES string of the molecule is CC(=O)O[C@@H](CC(=O)OC1=CC[C@@]2(O)[C@H]3Cc4ccc(O)c5c4[C@@]2(CCN3C)[C@H]1O5)C(=O)O[C@@H](C)C(=O)N[C@@H](CC(=O)O)C(=O)O. The van der Waals surface area contributed by atoms with Crippen LogP contribution in [0.3, 0.4) is 0 Å². The average Bonchev–Trinajstić information content (AvgIpc) is 3.32. The minimum atomic E-state index is -1.87. The summed E-state index contributed by atoms with van der Waals surface area (Å²) in [5, 5.41) is 42.8. The van der Waals surface area contributed by atoms with Gasteiger partial charge in [-0.1, -0.05) is 6.07 Å². The summed E-state index contributed by atoms with van der Waals surface area (Å²) in [6.45, 7) is 2.64. The van der Waals surface area contributed by atoms with Crippen LogP contribution in [0.1, 0.15) is 50.7 Å². The second-order valence-electron chi connectivity index (χ2n) is 12.0. The van der Waals surface area contributed by atoms with Crippen LogP contribution < -0.4 is 10.1 Å². The number of piperidine rings is 1. The van der Waals surface area contributed by atoms with Crippen LogP contribution in [0.5, 0.6) is 11.5 Å². The molecule has 2 heterocycles. The molecule has 16 heteroatoms. The number of amides is 1. The Balaban J connectivity index is 1.32. The second-order valence-corrected chi connectivity index (χ2v) is 12.0. The highest BCUT2D eigenvalue weighted by Crippen LogP contribution is 2.65. The lowest BCUT2D eigenvalue weighted by Gasteiger charge is -2.61. The van der Waals surface area contributed by atoms with E-state index in [1.54, 1.807) is 6.07 Å². The van der Waals surface area contributed by atoms with Gasteiger partial charge in [0.25, 0.3) is 5.91 Å². The van der Waals surface area contributed by atoms with E-state index in [-0.39, 0.29) is 29.7 Å².